The van der Waals surface area contributed by atoms with Crippen molar-refractivity contribution in [2.45, 2.75) is 19.6 Å². The van der Waals surface area contributed by atoms with E-state index >= 15 is 0 Å². The number of hydrogen-bond acceptors (Lipinski definition) is 5. The first-order valence-corrected chi connectivity index (χ1v) is 7.29. The topological polar surface area (TPSA) is 112 Å². The Labute approximate surface area is 147 Å². The van der Waals surface area contributed by atoms with Gasteiger partial charge in [-0.05, 0) is 18.2 Å². The van der Waals surface area contributed by atoms with Gasteiger partial charge in [-0.15, -0.1) is 0 Å². The highest BCUT2D eigenvalue weighted by atomic mass is 19.3. The molecule has 2 aromatic rings. The van der Waals surface area contributed by atoms with Crippen molar-refractivity contribution in [1.29, 1.82) is 10.5 Å². The Morgan fingerprint density at radius 2 is 2.19 bits per heavy atom. The first-order valence-electron chi connectivity index (χ1n) is 7.29. The van der Waals surface area contributed by atoms with E-state index in [2.05, 4.69) is 9.84 Å². The molecule has 7 nitrogen and oxygen atoms in total. The first-order chi connectivity index (χ1) is 12.4. The van der Waals surface area contributed by atoms with Gasteiger partial charge in [0.1, 0.15) is 17.4 Å². The maximum atomic E-state index is 12.4. The zero-order valence-corrected chi connectivity index (χ0v) is 13.3. The molecule has 9 heteroatoms. The van der Waals surface area contributed by atoms with E-state index in [0.717, 1.165) is 6.08 Å². The van der Waals surface area contributed by atoms with Crippen LogP contribution in [0.1, 0.15) is 12.0 Å². The van der Waals surface area contributed by atoms with E-state index in [1.165, 1.54) is 29.1 Å². The Morgan fingerprint density at radius 1 is 1.42 bits per heavy atom. The summed E-state index contributed by atoms with van der Waals surface area (Å²) in [4.78, 5) is 11.1. The third kappa shape index (κ3) is 4.65. The molecular weight excluding hydrogens is 346 g/mol. The van der Waals surface area contributed by atoms with Crippen LogP contribution in [0.5, 0.6) is 5.75 Å². The van der Waals surface area contributed by atoms with Gasteiger partial charge in [0.15, 0.2) is 0 Å². The summed E-state index contributed by atoms with van der Waals surface area (Å²) in [7, 11) is 0. The molecule has 0 aliphatic carbocycles. The van der Waals surface area contributed by atoms with Gasteiger partial charge in [0.05, 0.1) is 24.7 Å². The van der Waals surface area contributed by atoms with E-state index < -0.39 is 18.2 Å². The zero-order chi connectivity index (χ0) is 19.1. The molecule has 0 aliphatic heterocycles. The summed E-state index contributed by atoms with van der Waals surface area (Å²) >= 11 is 0. The van der Waals surface area contributed by atoms with Crippen molar-refractivity contribution in [3.8, 4) is 29.1 Å². The van der Waals surface area contributed by atoms with Gasteiger partial charge in [0.2, 0.25) is 0 Å². The fourth-order valence-corrected chi connectivity index (χ4v) is 2.16. The molecule has 0 saturated carbocycles. The second-order valence-electron chi connectivity index (χ2n) is 4.99. The van der Waals surface area contributed by atoms with Crippen LogP contribution in [0.2, 0.25) is 0 Å². The molecule has 0 aliphatic rings. The standard InChI is InChI=1S/C17H12F2N4O3/c18-17(19)26-14-4-1-3-11(8-14)15-13(7-12(9-21)16(24)25)10-23(22-15)6-2-5-20/h1,3-4,7-8,10,17H,2,6H2,(H,24,25)/b12-7-. The molecule has 0 radical (unpaired) electrons. The summed E-state index contributed by atoms with van der Waals surface area (Å²) in [5.74, 6) is -1.49. The minimum atomic E-state index is -2.99. The van der Waals surface area contributed by atoms with Crippen molar-refractivity contribution in [3.05, 3.63) is 41.6 Å². The molecule has 1 N–H and O–H groups in total. The summed E-state index contributed by atoms with van der Waals surface area (Å²) in [6.07, 6.45) is 2.78. The van der Waals surface area contributed by atoms with Crippen LogP contribution in [0.4, 0.5) is 8.78 Å². The van der Waals surface area contributed by atoms with E-state index in [1.807, 2.05) is 6.07 Å². The highest BCUT2D eigenvalue weighted by Gasteiger charge is 2.15. The van der Waals surface area contributed by atoms with Crippen LogP contribution < -0.4 is 4.74 Å². The lowest BCUT2D eigenvalue weighted by Crippen LogP contribution is -2.02. The second kappa shape index (κ2) is 8.40. The number of carbonyl (C=O) groups is 1. The molecular formula is C17H12F2N4O3. The lowest BCUT2D eigenvalue weighted by Gasteiger charge is -2.06. The van der Waals surface area contributed by atoms with Crippen LogP contribution in [0.15, 0.2) is 36.0 Å². The number of aliphatic carboxylic acids is 1. The number of benzene rings is 1. The maximum Gasteiger partial charge on any atom is 0.387 e. The monoisotopic (exact) mass is 358 g/mol. The minimum Gasteiger partial charge on any atom is -0.477 e. The molecule has 0 amide bonds. The van der Waals surface area contributed by atoms with Crippen molar-refractivity contribution in [3.63, 3.8) is 0 Å². The summed E-state index contributed by atoms with van der Waals surface area (Å²) in [6.45, 7) is -2.74. The van der Waals surface area contributed by atoms with Crippen LogP contribution >= 0.6 is 0 Å². The van der Waals surface area contributed by atoms with Gasteiger partial charge in [0.25, 0.3) is 0 Å². The lowest BCUT2D eigenvalue weighted by molar-refractivity contribution is -0.132. The van der Waals surface area contributed by atoms with Gasteiger partial charge in [-0.2, -0.15) is 24.4 Å². The second-order valence-corrected chi connectivity index (χ2v) is 4.99. The zero-order valence-electron chi connectivity index (χ0n) is 13.3. The number of nitrogens with zero attached hydrogens (tertiary/aromatic N) is 4. The van der Waals surface area contributed by atoms with E-state index in [1.54, 1.807) is 12.1 Å². The summed E-state index contributed by atoms with van der Waals surface area (Å²) in [5.41, 5.74) is 0.464. The van der Waals surface area contributed by atoms with Gasteiger partial charge in [-0.25, -0.2) is 4.79 Å². The van der Waals surface area contributed by atoms with Crippen LogP contribution in [0.3, 0.4) is 0 Å². The number of alkyl halides is 2. The molecule has 0 fully saturated rings. The van der Waals surface area contributed by atoms with Gasteiger partial charge in [-0.3, -0.25) is 4.68 Å². The number of carboxylic acids is 1. The van der Waals surface area contributed by atoms with Crippen LogP contribution in [0.25, 0.3) is 17.3 Å². The third-order valence-corrected chi connectivity index (χ3v) is 3.23. The van der Waals surface area contributed by atoms with Gasteiger partial charge in [0, 0.05) is 17.3 Å². The van der Waals surface area contributed by atoms with E-state index in [-0.39, 0.29) is 24.4 Å². The molecule has 26 heavy (non-hydrogen) atoms. The van der Waals surface area contributed by atoms with Crippen molar-refractivity contribution in [2.75, 3.05) is 0 Å². The Bertz CT molecular complexity index is 923. The minimum absolute atomic E-state index is 0.0854. The fourth-order valence-electron chi connectivity index (χ4n) is 2.16. The molecule has 0 atom stereocenters. The molecule has 132 valence electrons. The average Bonchev–Trinajstić information content (AvgIpc) is 3.00. The number of nitriles is 2. The van der Waals surface area contributed by atoms with Gasteiger partial charge < -0.3 is 9.84 Å². The molecule has 1 heterocycles. The number of aromatic nitrogens is 2. The highest BCUT2D eigenvalue weighted by Crippen LogP contribution is 2.28. The Morgan fingerprint density at radius 3 is 2.81 bits per heavy atom. The smallest absolute Gasteiger partial charge is 0.387 e. The quantitative estimate of drug-likeness (QED) is 0.601. The number of carboxylic acid groups (broad SMARTS) is 1. The largest absolute Gasteiger partial charge is 0.477 e. The molecule has 1 aromatic carbocycles. The van der Waals surface area contributed by atoms with Gasteiger partial charge >= 0.3 is 12.6 Å². The lowest BCUT2D eigenvalue weighted by atomic mass is 10.1. The average molecular weight is 358 g/mol. The molecule has 0 unspecified atom stereocenters. The number of ether oxygens (including phenoxy) is 1. The summed E-state index contributed by atoms with van der Waals surface area (Å²) < 4.78 is 30.6. The Kier molecular flexibility index (Phi) is 6.01. The predicted molar refractivity (Wildman–Crippen MR) is 85.8 cm³/mol. The van der Waals surface area contributed by atoms with Crippen LogP contribution in [-0.2, 0) is 11.3 Å². The molecule has 0 saturated heterocycles. The Hall–Kier alpha value is -3.72. The van der Waals surface area contributed by atoms with Gasteiger partial charge in [-0.1, -0.05) is 12.1 Å². The third-order valence-electron chi connectivity index (χ3n) is 3.23. The van der Waals surface area contributed by atoms with Crippen molar-refractivity contribution < 1.29 is 23.4 Å². The van der Waals surface area contributed by atoms with Crippen molar-refractivity contribution in [2.24, 2.45) is 0 Å². The van der Waals surface area contributed by atoms with E-state index in [4.69, 9.17) is 15.6 Å². The summed E-state index contributed by atoms with van der Waals surface area (Å²) in [6, 6.07) is 9.26. The SMILES string of the molecule is N#CCCn1cc(/C=C(/C#N)C(=O)O)c(-c2cccc(OC(F)F)c2)n1. The molecule has 2 rings (SSSR count). The fraction of sp³-hybridized carbons (Fsp3) is 0.176. The number of aryl methyl sites for hydroxylation is 1. The summed E-state index contributed by atoms with van der Waals surface area (Å²) in [5, 5.41) is 30.9. The number of halogens is 2. The van der Waals surface area contributed by atoms with E-state index in [9.17, 15) is 13.6 Å². The first kappa shape index (κ1) is 18.6. The molecule has 1 aromatic heterocycles. The maximum absolute atomic E-state index is 12.4. The number of rotatable bonds is 7. The molecule has 0 spiro atoms. The van der Waals surface area contributed by atoms with E-state index in [0.29, 0.717) is 11.1 Å². The highest BCUT2D eigenvalue weighted by molar-refractivity contribution is 5.97. The number of hydrogen-bond donors (Lipinski definition) is 1. The predicted octanol–water partition coefficient (Wildman–Crippen LogP) is 3.06. The van der Waals surface area contributed by atoms with Crippen molar-refractivity contribution in [1.82, 2.24) is 9.78 Å². The van der Waals surface area contributed by atoms with Crippen LogP contribution in [-0.4, -0.2) is 27.5 Å². The normalized spacial score (nSPS) is 11.0. The molecule has 0 bridgehead atoms. The Balaban J connectivity index is 2.53. The van der Waals surface area contributed by atoms with Crippen LogP contribution in [0, 0.1) is 22.7 Å². The van der Waals surface area contributed by atoms with Crippen molar-refractivity contribution >= 4 is 12.0 Å².